The van der Waals surface area contributed by atoms with E-state index in [1.54, 1.807) is 5.56 Å². The van der Waals surface area contributed by atoms with E-state index in [2.05, 4.69) is 62.4 Å². The Bertz CT molecular complexity index is 1020. The number of halogens is 2. The molecule has 0 heterocycles. The van der Waals surface area contributed by atoms with Crippen LogP contribution in [0.1, 0.15) is 55.2 Å². The molecular weight excluding hydrogens is 498 g/mol. The summed E-state index contributed by atoms with van der Waals surface area (Å²) in [6.45, 7) is 4.42. The Balaban J connectivity index is 0.000000646. The van der Waals surface area contributed by atoms with Crippen molar-refractivity contribution in [2.24, 2.45) is 23.2 Å². The van der Waals surface area contributed by atoms with E-state index < -0.39 is 20.8 Å². The number of hydrogen-bond acceptors (Lipinski definition) is 0. The molecule has 4 aliphatic carbocycles. The first kappa shape index (κ1) is 22.3. The van der Waals surface area contributed by atoms with Gasteiger partial charge >= 0.3 is 37.9 Å². The van der Waals surface area contributed by atoms with Gasteiger partial charge < -0.3 is 0 Å². The van der Waals surface area contributed by atoms with Crippen LogP contribution >= 0.6 is 17.0 Å². The number of rotatable bonds is 3. The molecule has 4 aliphatic rings. The van der Waals surface area contributed by atoms with Crippen molar-refractivity contribution in [1.29, 1.82) is 0 Å². The van der Waals surface area contributed by atoms with Gasteiger partial charge in [-0.3, -0.25) is 0 Å². The van der Waals surface area contributed by atoms with Crippen molar-refractivity contribution in [3.63, 3.8) is 0 Å². The zero-order valence-corrected chi connectivity index (χ0v) is 22.5. The van der Waals surface area contributed by atoms with Crippen LogP contribution in [0.2, 0.25) is 0 Å². The van der Waals surface area contributed by atoms with Gasteiger partial charge in [0.1, 0.15) is 0 Å². The van der Waals surface area contributed by atoms with Gasteiger partial charge in [0.15, 0.2) is 0 Å². The first-order valence-electron chi connectivity index (χ1n) is 11.7. The van der Waals surface area contributed by atoms with Crippen molar-refractivity contribution in [2.75, 3.05) is 0 Å². The van der Waals surface area contributed by atoms with E-state index in [1.807, 2.05) is 0 Å². The molecule has 3 aromatic rings. The fourth-order valence-corrected chi connectivity index (χ4v) is 7.72. The van der Waals surface area contributed by atoms with Crippen molar-refractivity contribution >= 4 is 27.8 Å². The molecule has 0 amide bonds. The van der Waals surface area contributed by atoms with Gasteiger partial charge in [-0.05, 0) is 87.5 Å². The molecule has 31 heavy (non-hydrogen) atoms. The molecule has 4 fully saturated rings. The van der Waals surface area contributed by atoms with E-state index >= 15 is 0 Å². The zero-order chi connectivity index (χ0) is 21.6. The Morgan fingerprint density at radius 3 is 2.06 bits per heavy atom. The second-order valence-corrected chi connectivity index (χ2v) is 14.4. The molecule has 4 saturated carbocycles. The standard InChI is InChI=1S/C28H31.2ClH.Zr/c1-18-6-19(2)8-25(7-18)26-5-3-4-24-12-23(13-27(24)26)17-28-14-20-9-21(15-28)11-22(10-20)16-28;;;/h3-8,12-13,20-22H,9-11,14-17H2,1-2H3;2*1H;/q-1;;;+2/p-2. The summed E-state index contributed by atoms with van der Waals surface area (Å²) < 4.78 is 0. The fraction of sp³-hybridized carbons (Fsp3) is 0.464. The van der Waals surface area contributed by atoms with Crippen LogP contribution in [0.4, 0.5) is 0 Å². The third-order valence-corrected chi connectivity index (χ3v) is 8.09. The summed E-state index contributed by atoms with van der Waals surface area (Å²) in [6, 6.07) is 18.8. The van der Waals surface area contributed by atoms with Crippen molar-refractivity contribution < 1.29 is 20.8 Å². The third kappa shape index (κ3) is 4.62. The summed E-state index contributed by atoms with van der Waals surface area (Å²) in [5.74, 6) is 3.13. The predicted octanol–water partition coefficient (Wildman–Crippen LogP) is 8.98. The Morgan fingerprint density at radius 2 is 1.48 bits per heavy atom. The fourth-order valence-electron chi connectivity index (χ4n) is 7.72. The molecule has 0 radical (unpaired) electrons. The minimum absolute atomic E-state index is 0.624. The molecule has 0 nitrogen and oxygen atoms in total. The average Bonchev–Trinajstić information content (AvgIpc) is 3.08. The van der Waals surface area contributed by atoms with E-state index in [4.69, 9.17) is 17.0 Å². The maximum atomic E-state index is 4.93. The van der Waals surface area contributed by atoms with Crippen LogP contribution in [-0.4, -0.2) is 0 Å². The molecular formula is C28H31Cl2Zr-. The number of aryl methyl sites for hydroxylation is 2. The first-order chi connectivity index (χ1) is 15.0. The molecule has 3 aromatic carbocycles. The van der Waals surface area contributed by atoms with Gasteiger partial charge in [0.25, 0.3) is 0 Å². The summed E-state index contributed by atoms with van der Waals surface area (Å²) in [5.41, 5.74) is 7.70. The van der Waals surface area contributed by atoms with Crippen LogP contribution in [0.25, 0.3) is 21.9 Å². The van der Waals surface area contributed by atoms with E-state index in [1.165, 1.54) is 78.0 Å². The van der Waals surface area contributed by atoms with E-state index in [-0.39, 0.29) is 0 Å². The van der Waals surface area contributed by atoms with Crippen molar-refractivity contribution in [3.05, 3.63) is 65.2 Å². The molecule has 4 bridgehead atoms. The maximum absolute atomic E-state index is 4.93. The zero-order valence-electron chi connectivity index (χ0n) is 18.6. The van der Waals surface area contributed by atoms with Gasteiger partial charge in [-0.15, -0.1) is 34.5 Å². The number of benzene rings is 2. The van der Waals surface area contributed by atoms with Gasteiger partial charge in [-0.2, -0.15) is 6.07 Å². The van der Waals surface area contributed by atoms with Crippen LogP contribution in [0.15, 0.2) is 48.5 Å². The Hall–Kier alpha value is -0.487. The normalized spacial score (nSPS) is 28.5. The average molecular weight is 530 g/mol. The Morgan fingerprint density at radius 1 is 0.903 bits per heavy atom. The van der Waals surface area contributed by atoms with Crippen LogP contribution in [0.5, 0.6) is 0 Å². The quantitative estimate of drug-likeness (QED) is 0.297. The van der Waals surface area contributed by atoms with Gasteiger partial charge in [-0.25, -0.2) is 0 Å². The molecule has 0 aromatic heterocycles. The Labute approximate surface area is 205 Å². The van der Waals surface area contributed by atoms with E-state index in [0.717, 1.165) is 17.8 Å². The van der Waals surface area contributed by atoms with E-state index in [0.29, 0.717) is 5.41 Å². The summed E-state index contributed by atoms with van der Waals surface area (Å²) in [6.07, 6.45) is 10.5. The molecule has 0 saturated heterocycles. The van der Waals surface area contributed by atoms with Gasteiger partial charge in [-0.1, -0.05) is 41.0 Å². The first-order valence-corrected chi connectivity index (χ1v) is 18.0. The molecule has 0 aliphatic heterocycles. The number of fused-ring (bicyclic) bond motifs is 1. The van der Waals surface area contributed by atoms with Crippen LogP contribution in [-0.2, 0) is 27.3 Å². The van der Waals surface area contributed by atoms with Crippen LogP contribution in [0.3, 0.4) is 0 Å². The SMILES string of the molecule is Cc1cc(C)cc(-c2cccc3[cH-]c(CC45CC6CC(CC(C6)C4)C5)cc23)c1.[Cl][Zr][Cl]. The van der Waals surface area contributed by atoms with E-state index in [9.17, 15) is 0 Å². The van der Waals surface area contributed by atoms with Gasteiger partial charge in [0, 0.05) is 0 Å². The van der Waals surface area contributed by atoms with Crippen LogP contribution in [0, 0.1) is 37.0 Å². The van der Waals surface area contributed by atoms with Crippen molar-refractivity contribution in [2.45, 2.75) is 58.8 Å². The Kier molecular flexibility index (Phi) is 6.51. The second kappa shape index (κ2) is 9.04. The number of hydrogen-bond donors (Lipinski definition) is 0. The van der Waals surface area contributed by atoms with Crippen LogP contribution < -0.4 is 0 Å². The predicted molar refractivity (Wildman–Crippen MR) is 130 cm³/mol. The molecule has 0 spiro atoms. The van der Waals surface area contributed by atoms with Crippen molar-refractivity contribution in [1.82, 2.24) is 0 Å². The molecule has 0 atom stereocenters. The second-order valence-electron chi connectivity index (χ2n) is 10.7. The molecule has 162 valence electrons. The minimum atomic E-state index is -0.826. The molecule has 0 N–H and O–H groups in total. The summed E-state index contributed by atoms with van der Waals surface area (Å²) in [4.78, 5) is 0. The molecule has 3 heteroatoms. The monoisotopic (exact) mass is 527 g/mol. The summed E-state index contributed by atoms with van der Waals surface area (Å²) >= 11 is -0.826. The molecule has 7 rings (SSSR count). The van der Waals surface area contributed by atoms with Crippen molar-refractivity contribution in [3.8, 4) is 11.1 Å². The van der Waals surface area contributed by atoms with Gasteiger partial charge in [0.2, 0.25) is 0 Å². The third-order valence-electron chi connectivity index (χ3n) is 8.09. The molecule has 0 unspecified atom stereocenters. The summed E-state index contributed by atoms with van der Waals surface area (Å²) in [7, 11) is 9.87. The summed E-state index contributed by atoms with van der Waals surface area (Å²) in [5, 5.41) is 2.88. The van der Waals surface area contributed by atoms with Gasteiger partial charge in [0.05, 0.1) is 0 Å². The topological polar surface area (TPSA) is 0 Å².